The summed E-state index contributed by atoms with van der Waals surface area (Å²) >= 11 is 0. The topological polar surface area (TPSA) is 0 Å². The molecule has 1 atom stereocenters. The van der Waals surface area contributed by atoms with E-state index in [1.165, 1.54) is 19.3 Å². The van der Waals surface area contributed by atoms with Crippen molar-refractivity contribution in [2.45, 2.75) is 78.1 Å². The first-order chi connectivity index (χ1) is 7.28. The number of fused-ring (bicyclic) bond motifs is 5. The molecule has 3 aliphatic carbocycles. The minimum atomic E-state index is 0.749. The minimum Gasteiger partial charge on any atom is -0.0654 e. The van der Waals surface area contributed by atoms with Gasteiger partial charge in [0.25, 0.3) is 0 Å². The zero-order valence-corrected chi connectivity index (χ0v) is 10.7. The Morgan fingerprint density at radius 2 is 1.60 bits per heavy atom. The van der Waals surface area contributed by atoms with Crippen LogP contribution in [0.1, 0.15) is 78.1 Å². The van der Waals surface area contributed by atoms with Gasteiger partial charge in [0.2, 0.25) is 0 Å². The molecular weight excluding hydrogens is 180 g/mol. The van der Waals surface area contributed by atoms with E-state index >= 15 is 0 Å². The van der Waals surface area contributed by atoms with Gasteiger partial charge in [0, 0.05) is 0 Å². The first-order valence-electron chi connectivity index (χ1n) is 7.28. The van der Waals surface area contributed by atoms with Crippen molar-refractivity contribution >= 4 is 0 Å². The molecule has 15 heavy (non-hydrogen) atoms. The molecule has 0 aromatic carbocycles. The summed E-state index contributed by atoms with van der Waals surface area (Å²) < 4.78 is 0. The third-order valence-corrected chi connectivity index (χ3v) is 5.30. The summed E-state index contributed by atoms with van der Waals surface area (Å²) in [5, 5.41) is 0. The van der Waals surface area contributed by atoms with Crippen molar-refractivity contribution in [3.05, 3.63) is 0 Å². The molecule has 0 aliphatic heterocycles. The fourth-order valence-corrected chi connectivity index (χ4v) is 4.20. The van der Waals surface area contributed by atoms with E-state index < -0.39 is 0 Å². The normalized spacial score (nSPS) is 41.2. The molecule has 0 aromatic rings. The van der Waals surface area contributed by atoms with Crippen molar-refractivity contribution in [3.63, 3.8) is 0 Å². The molecule has 3 rings (SSSR count). The Morgan fingerprint density at radius 1 is 0.933 bits per heavy atom. The van der Waals surface area contributed by atoms with Crippen LogP contribution in [0.2, 0.25) is 0 Å². The van der Waals surface area contributed by atoms with Gasteiger partial charge in [-0.15, -0.1) is 0 Å². The average molecular weight is 208 g/mol. The summed E-state index contributed by atoms with van der Waals surface area (Å²) in [7, 11) is 0. The van der Waals surface area contributed by atoms with Gasteiger partial charge < -0.3 is 0 Å². The molecule has 0 N–H and O–H groups in total. The monoisotopic (exact) mass is 208 g/mol. The van der Waals surface area contributed by atoms with E-state index in [1.54, 1.807) is 44.9 Å². The summed E-state index contributed by atoms with van der Waals surface area (Å²) in [6, 6.07) is 0. The van der Waals surface area contributed by atoms with Gasteiger partial charge in [-0.05, 0) is 42.9 Å². The summed E-state index contributed by atoms with van der Waals surface area (Å²) in [5.41, 5.74) is 0.749. The van der Waals surface area contributed by atoms with Crippen LogP contribution in [0.25, 0.3) is 0 Å². The average Bonchev–Trinajstić information content (AvgIpc) is 2.24. The fourth-order valence-electron chi connectivity index (χ4n) is 4.20. The molecule has 0 aromatic heterocycles. The highest BCUT2D eigenvalue weighted by Gasteiger charge is 2.35. The zero-order valence-electron chi connectivity index (χ0n) is 10.7. The van der Waals surface area contributed by atoms with Crippen molar-refractivity contribution in [2.24, 2.45) is 17.3 Å². The summed E-state index contributed by atoms with van der Waals surface area (Å²) in [6.07, 6.45) is 15.2. The quantitative estimate of drug-likeness (QED) is 0.600. The predicted octanol–water partition coefficient (Wildman–Crippen LogP) is 5.17. The first kappa shape index (κ1) is 11.5. The maximum atomic E-state index is 2.44. The summed E-state index contributed by atoms with van der Waals surface area (Å²) in [6.45, 7) is 4.80. The number of hydrogen-bond donors (Lipinski definition) is 0. The molecule has 0 heteroatoms. The van der Waals surface area contributed by atoms with E-state index in [-0.39, 0.29) is 0 Å². The Balaban J connectivity index is 2.05. The highest BCUT2D eigenvalue weighted by atomic mass is 14.4. The van der Waals surface area contributed by atoms with Gasteiger partial charge in [-0.2, -0.15) is 0 Å². The number of rotatable bonds is 3. The fraction of sp³-hybridized carbons (Fsp3) is 1.00. The summed E-state index contributed by atoms with van der Waals surface area (Å²) in [5.74, 6) is 2.19. The maximum Gasteiger partial charge on any atom is -0.0297 e. The van der Waals surface area contributed by atoms with Gasteiger partial charge in [0.15, 0.2) is 0 Å². The van der Waals surface area contributed by atoms with Gasteiger partial charge in [0.1, 0.15) is 0 Å². The van der Waals surface area contributed by atoms with E-state index in [9.17, 15) is 0 Å². The minimum absolute atomic E-state index is 0.749. The molecule has 0 heterocycles. The molecule has 0 saturated heterocycles. The van der Waals surface area contributed by atoms with Crippen molar-refractivity contribution < 1.29 is 0 Å². The van der Waals surface area contributed by atoms with Crippen LogP contribution in [0.5, 0.6) is 0 Å². The SMILES string of the molecule is CCCC1(CC)CCC2CCC(CC2)C1. The van der Waals surface area contributed by atoms with Crippen LogP contribution >= 0.6 is 0 Å². The number of hydrogen-bond acceptors (Lipinski definition) is 0. The first-order valence-corrected chi connectivity index (χ1v) is 7.28. The van der Waals surface area contributed by atoms with Gasteiger partial charge >= 0.3 is 0 Å². The van der Waals surface area contributed by atoms with Gasteiger partial charge in [-0.25, -0.2) is 0 Å². The van der Waals surface area contributed by atoms with Crippen molar-refractivity contribution in [1.82, 2.24) is 0 Å². The Kier molecular flexibility index (Phi) is 3.74. The summed E-state index contributed by atoms with van der Waals surface area (Å²) in [4.78, 5) is 0. The van der Waals surface area contributed by atoms with Crippen LogP contribution in [0.4, 0.5) is 0 Å². The van der Waals surface area contributed by atoms with Crippen LogP contribution in [-0.2, 0) is 0 Å². The highest BCUT2D eigenvalue weighted by Crippen LogP contribution is 2.48. The molecule has 2 bridgehead atoms. The van der Waals surface area contributed by atoms with Crippen LogP contribution in [0.15, 0.2) is 0 Å². The Hall–Kier alpha value is 0. The maximum absolute atomic E-state index is 2.44. The van der Waals surface area contributed by atoms with Crippen LogP contribution in [0.3, 0.4) is 0 Å². The van der Waals surface area contributed by atoms with Gasteiger partial charge in [-0.1, -0.05) is 52.4 Å². The molecule has 0 spiro atoms. The van der Waals surface area contributed by atoms with Crippen LogP contribution < -0.4 is 0 Å². The lowest BCUT2D eigenvalue weighted by molar-refractivity contribution is 0.0881. The molecule has 0 radical (unpaired) electrons. The second-order valence-corrected chi connectivity index (χ2v) is 6.23. The molecule has 3 aliphatic rings. The van der Waals surface area contributed by atoms with E-state index in [2.05, 4.69) is 13.8 Å². The van der Waals surface area contributed by atoms with Crippen LogP contribution in [0, 0.1) is 17.3 Å². The third kappa shape index (κ3) is 2.57. The van der Waals surface area contributed by atoms with Gasteiger partial charge in [-0.3, -0.25) is 0 Å². The smallest absolute Gasteiger partial charge is 0.0297 e. The molecular formula is C15H28. The van der Waals surface area contributed by atoms with Gasteiger partial charge in [0.05, 0.1) is 0 Å². The Morgan fingerprint density at radius 3 is 2.20 bits per heavy atom. The van der Waals surface area contributed by atoms with Crippen molar-refractivity contribution in [1.29, 1.82) is 0 Å². The lowest BCUT2D eigenvalue weighted by atomic mass is 9.62. The van der Waals surface area contributed by atoms with Crippen molar-refractivity contribution in [2.75, 3.05) is 0 Å². The van der Waals surface area contributed by atoms with E-state index in [4.69, 9.17) is 0 Å². The molecule has 1 unspecified atom stereocenters. The van der Waals surface area contributed by atoms with E-state index in [0.717, 1.165) is 17.3 Å². The van der Waals surface area contributed by atoms with Crippen LogP contribution in [-0.4, -0.2) is 0 Å². The third-order valence-electron chi connectivity index (χ3n) is 5.30. The lowest BCUT2D eigenvalue weighted by Gasteiger charge is -2.43. The highest BCUT2D eigenvalue weighted by molar-refractivity contribution is 4.87. The largest absolute Gasteiger partial charge is 0.0654 e. The standard InChI is InChI=1S/C15H28/c1-3-10-15(4-2)11-9-13-5-7-14(12-15)8-6-13/h13-14H,3-12H2,1-2H3. The Labute approximate surface area is 95.8 Å². The second kappa shape index (κ2) is 4.89. The van der Waals surface area contributed by atoms with E-state index in [1.807, 2.05) is 0 Å². The zero-order chi connectivity index (χ0) is 10.7. The lowest BCUT2D eigenvalue weighted by Crippen LogP contribution is -2.30. The molecule has 0 nitrogen and oxygen atoms in total. The second-order valence-electron chi connectivity index (χ2n) is 6.23. The molecule has 0 amide bonds. The predicted molar refractivity (Wildman–Crippen MR) is 66.9 cm³/mol. The molecule has 3 fully saturated rings. The molecule has 3 saturated carbocycles. The van der Waals surface area contributed by atoms with E-state index in [0.29, 0.717) is 0 Å². The van der Waals surface area contributed by atoms with Crippen molar-refractivity contribution in [3.8, 4) is 0 Å². The Bertz CT molecular complexity index is 188. The molecule has 88 valence electrons.